The molecule has 0 saturated carbocycles. The molecule has 1 aliphatic rings. The van der Waals surface area contributed by atoms with E-state index in [1.807, 2.05) is 24.3 Å². The van der Waals surface area contributed by atoms with Crippen LogP contribution in [0.5, 0.6) is 0 Å². The number of para-hydroxylation sites is 1. The van der Waals surface area contributed by atoms with E-state index in [2.05, 4.69) is 21.2 Å². The molecule has 84 valence electrons. The largest absolute Gasteiger partial charge is 0.325 e. The van der Waals surface area contributed by atoms with Crippen molar-refractivity contribution in [3.63, 3.8) is 0 Å². The van der Waals surface area contributed by atoms with Gasteiger partial charge in [-0.2, -0.15) is 0 Å². The number of nitrogens with zero attached hydrogens (tertiary/aromatic N) is 1. The first kappa shape index (κ1) is 10.4. The van der Waals surface area contributed by atoms with Gasteiger partial charge < -0.3 is 11.1 Å². The summed E-state index contributed by atoms with van der Waals surface area (Å²) in [6.45, 7) is 1.41. The van der Waals surface area contributed by atoms with Crippen molar-refractivity contribution in [2.45, 2.75) is 13.1 Å². The summed E-state index contributed by atoms with van der Waals surface area (Å²) in [5, 5.41) is 3.03. The molecule has 0 fully saturated rings. The maximum Gasteiger partial charge on any atom is 0.235 e. The molecule has 1 unspecified atom stereocenters. The molecule has 1 atom stereocenters. The third-order valence-corrected chi connectivity index (χ3v) is 2.16. The van der Waals surface area contributed by atoms with Crippen LogP contribution in [0, 0.1) is 0 Å². The Labute approximate surface area is 92.9 Å². The van der Waals surface area contributed by atoms with Gasteiger partial charge in [0.05, 0.1) is 0 Å². The van der Waals surface area contributed by atoms with Gasteiger partial charge in [-0.25, -0.2) is 4.99 Å². The summed E-state index contributed by atoms with van der Waals surface area (Å²) >= 11 is 0. The van der Waals surface area contributed by atoms with Crippen LogP contribution in [-0.4, -0.2) is 11.9 Å². The number of aliphatic imine (C=N–C) groups is 1. The Bertz CT molecular complexity index is 443. The normalized spacial score (nSPS) is 17.9. The molecule has 1 heterocycles. The Hall–Kier alpha value is -2.08. The molecule has 5 N–H and O–H groups in total. The number of nitrogens with two attached hydrogens (primary N) is 1. The van der Waals surface area contributed by atoms with Crippen molar-refractivity contribution in [3.8, 4) is 0 Å². The highest BCUT2D eigenvalue weighted by Crippen LogP contribution is 2.25. The molecule has 0 aromatic heterocycles. The molecule has 0 aliphatic carbocycles. The lowest BCUT2D eigenvalue weighted by Gasteiger charge is -2.23. The van der Waals surface area contributed by atoms with E-state index in [-0.39, 0.29) is 5.91 Å². The van der Waals surface area contributed by atoms with Gasteiger partial charge in [0.25, 0.3) is 0 Å². The zero-order valence-electron chi connectivity index (χ0n) is 8.82. The van der Waals surface area contributed by atoms with Crippen molar-refractivity contribution in [2.24, 2.45) is 10.7 Å². The summed E-state index contributed by atoms with van der Waals surface area (Å²) in [6.07, 6.45) is -0.422. The average molecular weight is 219 g/mol. The van der Waals surface area contributed by atoms with Crippen molar-refractivity contribution in [3.05, 3.63) is 29.8 Å². The smallest absolute Gasteiger partial charge is 0.235 e. The van der Waals surface area contributed by atoms with Gasteiger partial charge in [-0.05, 0) is 6.07 Å². The minimum absolute atomic E-state index is 0.197. The van der Waals surface area contributed by atoms with E-state index in [9.17, 15) is 4.79 Å². The SMILES string of the molecule is CC(=O)NNC1=NC(N)c2ccccc2N1. The Morgan fingerprint density at radius 3 is 3.00 bits per heavy atom. The van der Waals surface area contributed by atoms with Gasteiger partial charge in [0.2, 0.25) is 11.9 Å². The maximum atomic E-state index is 10.7. The van der Waals surface area contributed by atoms with Gasteiger partial charge in [-0.1, -0.05) is 18.2 Å². The van der Waals surface area contributed by atoms with E-state index in [0.29, 0.717) is 5.96 Å². The highest BCUT2D eigenvalue weighted by atomic mass is 16.2. The molecular formula is C10H13N5O. The molecule has 0 spiro atoms. The lowest BCUT2D eigenvalue weighted by atomic mass is 10.1. The van der Waals surface area contributed by atoms with Gasteiger partial charge >= 0.3 is 0 Å². The fraction of sp³-hybridized carbons (Fsp3) is 0.200. The number of carbonyl (C=O) groups excluding carboxylic acids is 1. The number of hydrogen-bond acceptors (Lipinski definition) is 5. The molecule has 0 saturated heterocycles. The van der Waals surface area contributed by atoms with Crippen LogP contribution in [0.2, 0.25) is 0 Å². The summed E-state index contributed by atoms with van der Waals surface area (Å²) in [5.41, 5.74) is 12.8. The number of anilines is 1. The van der Waals surface area contributed by atoms with E-state index >= 15 is 0 Å². The molecule has 1 aromatic carbocycles. The van der Waals surface area contributed by atoms with Crippen LogP contribution in [0.25, 0.3) is 0 Å². The second-order valence-electron chi connectivity index (χ2n) is 3.44. The summed E-state index contributed by atoms with van der Waals surface area (Å²) in [6, 6.07) is 7.62. The second-order valence-corrected chi connectivity index (χ2v) is 3.44. The Morgan fingerprint density at radius 1 is 1.50 bits per heavy atom. The second kappa shape index (κ2) is 4.19. The summed E-state index contributed by atoms with van der Waals surface area (Å²) in [5.74, 6) is 0.235. The van der Waals surface area contributed by atoms with E-state index in [1.165, 1.54) is 6.92 Å². The molecule has 16 heavy (non-hydrogen) atoms. The molecular weight excluding hydrogens is 206 g/mol. The lowest BCUT2D eigenvalue weighted by molar-refractivity contribution is -0.119. The lowest BCUT2D eigenvalue weighted by Crippen LogP contribution is -2.45. The standard InChI is InChI=1S/C10H13N5O/c1-6(16)14-15-10-12-8-5-3-2-4-7(8)9(11)13-10/h2-5,9H,11H2,1H3,(H,14,16)(H2,12,13,15). The first-order valence-corrected chi connectivity index (χ1v) is 4.89. The van der Waals surface area contributed by atoms with Crippen LogP contribution < -0.4 is 21.9 Å². The predicted molar refractivity (Wildman–Crippen MR) is 61.4 cm³/mol. The van der Waals surface area contributed by atoms with E-state index in [4.69, 9.17) is 5.73 Å². The van der Waals surface area contributed by atoms with E-state index in [1.54, 1.807) is 0 Å². The third-order valence-electron chi connectivity index (χ3n) is 2.16. The first-order valence-electron chi connectivity index (χ1n) is 4.89. The Kier molecular flexibility index (Phi) is 2.74. The van der Waals surface area contributed by atoms with Crippen LogP contribution in [0.3, 0.4) is 0 Å². The summed E-state index contributed by atoms with van der Waals surface area (Å²) < 4.78 is 0. The number of rotatable bonds is 0. The van der Waals surface area contributed by atoms with Crippen molar-refractivity contribution < 1.29 is 4.79 Å². The third kappa shape index (κ3) is 2.12. The predicted octanol–water partition coefficient (Wildman–Crippen LogP) is 0.0661. The summed E-state index contributed by atoms with van der Waals surface area (Å²) in [4.78, 5) is 14.9. The van der Waals surface area contributed by atoms with Crippen molar-refractivity contribution in [1.29, 1.82) is 0 Å². The molecule has 6 heteroatoms. The maximum absolute atomic E-state index is 10.7. The van der Waals surface area contributed by atoms with Crippen molar-refractivity contribution in [1.82, 2.24) is 10.9 Å². The number of nitrogens with one attached hydrogen (secondary N) is 3. The number of amides is 1. The fourth-order valence-corrected chi connectivity index (χ4v) is 1.45. The highest BCUT2D eigenvalue weighted by Gasteiger charge is 2.17. The number of fused-ring (bicyclic) bond motifs is 1. The number of guanidine groups is 1. The van der Waals surface area contributed by atoms with E-state index < -0.39 is 6.17 Å². The Balaban J connectivity index is 2.13. The van der Waals surface area contributed by atoms with E-state index in [0.717, 1.165) is 11.3 Å². The average Bonchev–Trinajstić information content (AvgIpc) is 2.26. The highest BCUT2D eigenvalue weighted by molar-refractivity contribution is 5.97. The molecule has 1 aliphatic heterocycles. The van der Waals surface area contributed by atoms with Crippen LogP contribution >= 0.6 is 0 Å². The molecule has 0 radical (unpaired) electrons. The number of hydrazine groups is 1. The topological polar surface area (TPSA) is 91.5 Å². The van der Waals surface area contributed by atoms with Gasteiger partial charge in [-0.3, -0.25) is 15.6 Å². The minimum atomic E-state index is -0.422. The first-order chi connectivity index (χ1) is 7.66. The molecule has 1 aromatic rings. The number of carbonyl (C=O) groups is 1. The molecule has 2 rings (SSSR count). The van der Waals surface area contributed by atoms with Crippen LogP contribution in [0.1, 0.15) is 18.7 Å². The zero-order chi connectivity index (χ0) is 11.5. The minimum Gasteiger partial charge on any atom is -0.325 e. The number of hydrogen-bond donors (Lipinski definition) is 4. The van der Waals surface area contributed by atoms with Gasteiger partial charge in [-0.15, -0.1) is 0 Å². The van der Waals surface area contributed by atoms with Crippen LogP contribution in [-0.2, 0) is 4.79 Å². The van der Waals surface area contributed by atoms with Crippen LogP contribution in [0.15, 0.2) is 29.3 Å². The van der Waals surface area contributed by atoms with Gasteiger partial charge in [0.15, 0.2) is 0 Å². The van der Waals surface area contributed by atoms with Crippen molar-refractivity contribution >= 4 is 17.6 Å². The summed E-state index contributed by atoms with van der Waals surface area (Å²) in [7, 11) is 0. The van der Waals surface area contributed by atoms with Crippen molar-refractivity contribution in [2.75, 3.05) is 5.32 Å². The molecule has 6 nitrogen and oxygen atoms in total. The number of benzene rings is 1. The quantitative estimate of drug-likeness (QED) is 0.464. The zero-order valence-corrected chi connectivity index (χ0v) is 8.82. The van der Waals surface area contributed by atoms with Gasteiger partial charge in [0.1, 0.15) is 6.17 Å². The monoisotopic (exact) mass is 219 g/mol. The Morgan fingerprint density at radius 2 is 2.25 bits per heavy atom. The molecule has 0 bridgehead atoms. The fourth-order valence-electron chi connectivity index (χ4n) is 1.45. The van der Waals surface area contributed by atoms with Crippen LogP contribution in [0.4, 0.5) is 5.69 Å². The van der Waals surface area contributed by atoms with Gasteiger partial charge in [0, 0.05) is 18.2 Å². The molecule has 1 amide bonds.